The molecule has 0 saturated carbocycles. The van der Waals surface area contributed by atoms with E-state index in [2.05, 4.69) is 36.5 Å². The van der Waals surface area contributed by atoms with Crippen LogP contribution in [-0.2, 0) is 14.1 Å². The summed E-state index contributed by atoms with van der Waals surface area (Å²) in [6, 6.07) is 12.2. The van der Waals surface area contributed by atoms with Gasteiger partial charge in [-0.2, -0.15) is 5.10 Å². The van der Waals surface area contributed by atoms with E-state index in [1.54, 1.807) is 28.1 Å². The van der Waals surface area contributed by atoms with E-state index < -0.39 is 0 Å². The Labute approximate surface area is 180 Å². The number of thioether (sulfide) groups is 1. The number of hydrogen-bond donors (Lipinski definition) is 0. The monoisotopic (exact) mass is 419 g/mol. The van der Waals surface area contributed by atoms with Crippen molar-refractivity contribution in [3.05, 3.63) is 65.3 Å². The molecule has 0 aliphatic heterocycles. The number of benzene rings is 2. The van der Waals surface area contributed by atoms with Crippen LogP contribution in [0.1, 0.15) is 13.3 Å². The molecular formula is C24H25N3O2S. The van der Waals surface area contributed by atoms with Crippen LogP contribution < -0.4 is 10.3 Å². The van der Waals surface area contributed by atoms with E-state index >= 15 is 0 Å². The molecule has 0 unspecified atom stereocenters. The van der Waals surface area contributed by atoms with Crippen LogP contribution in [0.2, 0.25) is 0 Å². The summed E-state index contributed by atoms with van der Waals surface area (Å²) in [5, 5.41) is 5.89. The van der Waals surface area contributed by atoms with E-state index in [-0.39, 0.29) is 5.56 Å². The summed E-state index contributed by atoms with van der Waals surface area (Å²) in [6.45, 7) is 2.74. The van der Waals surface area contributed by atoms with Crippen LogP contribution in [0.25, 0.3) is 33.0 Å². The Morgan fingerprint density at radius 3 is 2.53 bits per heavy atom. The highest BCUT2D eigenvalue weighted by Crippen LogP contribution is 2.38. The second-order valence-corrected chi connectivity index (χ2v) is 8.21. The largest absolute Gasteiger partial charge is 0.493 e. The number of hydrogen-bond acceptors (Lipinski definition) is 4. The first-order valence-electron chi connectivity index (χ1n) is 9.95. The molecule has 0 aliphatic carbocycles. The van der Waals surface area contributed by atoms with Crippen molar-refractivity contribution in [3.8, 4) is 28.0 Å². The lowest BCUT2D eigenvalue weighted by molar-refractivity contribution is 0.318. The van der Waals surface area contributed by atoms with Gasteiger partial charge in [0.1, 0.15) is 5.75 Å². The zero-order valence-corrected chi connectivity index (χ0v) is 18.5. The van der Waals surface area contributed by atoms with E-state index in [1.807, 2.05) is 43.8 Å². The standard InChI is InChI=1S/C24H25N3O2S/c1-5-10-29-23-9-7-18(30-4)12-21(23)22-15-26(2)24(28)19-8-6-16(11-20(19)22)17-13-25-27(3)14-17/h6-9,11-15H,5,10H2,1-4H3. The molecule has 0 N–H and O–H groups in total. The van der Waals surface area contributed by atoms with Gasteiger partial charge in [0.05, 0.1) is 12.8 Å². The average molecular weight is 420 g/mol. The van der Waals surface area contributed by atoms with Crippen LogP contribution in [0.5, 0.6) is 5.75 Å². The molecule has 0 amide bonds. The SMILES string of the molecule is CCCOc1ccc(SC)cc1-c1cn(C)c(=O)c2ccc(-c3cnn(C)c3)cc12. The molecule has 154 valence electrons. The third kappa shape index (κ3) is 3.75. The minimum Gasteiger partial charge on any atom is -0.493 e. The quantitative estimate of drug-likeness (QED) is 0.407. The van der Waals surface area contributed by atoms with Gasteiger partial charge in [0.15, 0.2) is 0 Å². The summed E-state index contributed by atoms with van der Waals surface area (Å²) in [6.07, 6.45) is 8.72. The number of ether oxygens (including phenoxy) is 1. The van der Waals surface area contributed by atoms with E-state index in [0.29, 0.717) is 12.0 Å². The van der Waals surface area contributed by atoms with Crippen LogP contribution in [-0.4, -0.2) is 27.2 Å². The molecule has 30 heavy (non-hydrogen) atoms. The minimum atomic E-state index is -0.0106. The number of aromatic nitrogens is 3. The Kier molecular flexibility index (Phi) is 5.68. The van der Waals surface area contributed by atoms with Crippen LogP contribution in [0.3, 0.4) is 0 Å². The molecule has 6 heteroatoms. The van der Waals surface area contributed by atoms with E-state index in [1.165, 1.54) is 0 Å². The second-order valence-electron chi connectivity index (χ2n) is 7.33. The first-order valence-corrected chi connectivity index (χ1v) is 11.2. The molecule has 4 rings (SSSR count). The van der Waals surface area contributed by atoms with Crippen molar-refractivity contribution in [2.24, 2.45) is 14.1 Å². The molecule has 0 atom stereocenters. The molecule has 5 nitrogen and oxygen atoms in total. The molecule has 0 bridgehead atoms. The molecule has 2 aromatic heterocycles. The van der Waals surface area contributed by atoms with E-state index in [4.69, 9.17) is 4.74 Å². The summed E-state index contributed by atoms with van der Waals surface area (Å²) >= 11 is 1.69. The molecule has 0 spiro atoms. The van der Waals surface area contributed by atoms with Gasteiger partial charge in [-0.15, -0.1) is 11.8 Å². The normalized spacial score (nSPS) is 11.2. The number of pyridine rings is 1. The van der Waals surface area contributed by atoms with Crippen molar-refractivity contribution in [1.29, 1.82) is 0 Å². The Morgan fingerprint density at radius 2 is 1.83 bits per heavy atom. The highest BCUT2D eigenvalue weighted by molar-refractivity contribution is 7.98. The lowest BCUT2D eigenvalue weighted by Gasteiger charge is -2.16. The van der Waals surface area contributed by atoms with Gasteiger partial charge in [0, 0.05) is 53.5 Å². The number of rotatable bonds is 6. The molecule has 4 aromatic rings. The first kappa shape index (κ1) is 20.3. The van der Waals surface area contributed by atoms with Gasteiger partial charge in [0.25, 0.3) is 5.56 Å². The lowest BCUT2D eigenvalue weighted by Crippen LogP contribution is -2.16. The molecule has 0 radical (unpaired) electrons. The average Bonchev–Trinajstić information content (AvgIpc) is 3.20. The minimum absolute atomic E-state index is 0.0106. The van der Waals surface area contributed by atoms with Crippen LogP contribution in [0.4, 0.5) is 0 Å². The predicted octanol–water partition coefficient (Wildman–Crippen LogP) is 5.12. The number of fused-ring (bicyclic) bond motifs is 1. The molecular weight excluding hydrogens is 394 g/mol. The van der Waals surface area contributed by atoms with Crippen molar-refractivity contribution in [3.63, 3.8) is 0 Å². The third-order valence-corrected chi connectivity index (χ3v) is 5.89. The molecule has 0 fully saturated rings. The van der Waals surface area contributed by atoms with Crippen molar-refractivity contribution in [2.45, 2.75) is 18.2 Å². The maximum Gasteiger partial charge on any atom is 0.258 e. The maximum atomic E-state index is 12.9. The Bertz CT molecular complexity index is 1270. The number of nitrogens with zero attached hydrogens (tertiary/aromatic N) is 3. The van der Waals surface area contributed by atoms with Crippen LogP contribution in [0, 0.1) is 0 Å². The predicted molar refractivity (Wildman–Crippen MR) is 124 cm³/mol. The van der Waals surface area contributed by atoms with Gasteiger partial charge in [-0.3, -0.25) is 9.48 Å². The first-order chi connectivity index (χ1) is 14.5. The zero-order chi connectivity index (χ0) is 21.3. The molecule has 0 aliphatic rings. The Morgan fingerprint density at radius 1 is 1.00 bits per heavy atom. The maximum absolute atomic E-state index is 12.9. The fourth-order valence-corrected chi connectivity index (χ4v) is 4.05. The summed E-state index contributed by atoms with van der Waals surface area (Å²) in [7, 11) is 3.70. The molecule has 2 aromatic carbocycles. The van der Waals surface area contributed by atoms with Gasteiger partial charge in [0.2, 0.25) is 0 Å². The lowest BCUT2D eigenvalue weighted by atomic mass is 9.97. The summed E-state index contributed by atoms with van der Waals surface area (Å²) in [5.74, 6) is 0.835. The topological polar surface area (TPSA) is 49.1 Å². The zero-order valence-electron chi connectivity index (χ0n) is 17.7. The Hall–Kier alpha value is -2.99. The molecule has 2 heterocycles. The third-order valence-electron chi connectivity index (χ3n) is 5.16. The van der Waals surface area contributed by atoms with Gasteiger partial charge >= 0.3 is 0 Å². The highest BCUT2D eigenvalue weighted by Gasteiger charge is 2.15. The van der Waals surface area contributed by atoms with E-state index in [9.17, 15) is 4.79 Å². The summed E-state index contributed by atoms with van der Waals surface area (Å²) in [4.78, 5) is 14.0. The number of aryl methyl sites for hydroxylation is 2. The highest BCUT2D eigenvalue weighted by atomic mass is 32.2. The van der Waals surface area contributed by atoms with Gasteiger partial charge in [-0.1, -0.05) is 13.0 Å². The van der Waals surface area contributed by atoms with Gasteiger partial charge < -0.3 is 9.30 Å². The van der Waals surface area contributed by atoms with Crippen LogP contribution >= 0.6 is 11.8 Å². The fourth-order valence-electron chi connectivity index (χ4n) is 3.61. The van der Waals surface area contributed by atoms with Crippen molar-refractivity contribution in [1.82, 2.24) is 14.3 Å². The van der Waals surface area contributed by atoms with Crippen molar-refractivity contribution in [2.75, 3.05) is 12.9 Å². The second kappa shape index (κ2) is 8.40. The van der Waals surface area contributed by atoms with Crippen LogP contribution in [0.15, 0.2) is 64.7 Å². The van der Waals surface area contributed by atoms with Crippen molar-refractivity contribution >= 4 is 22.5 Å². The molecule has 0 saturated heterocycles. The summed E-state index contributed by atoms with van der Waals surface area (Å²) in [5.41, 5.74) is 4.02. The van der Waals surface area contributed by atoms with Crippen molar-refractivity contribution < 1.29 is 4.74 Å². The summed E-state index contributed by atoms with van der Waals surface area (Å²) < 4.78 is 9.50. The van der Waals surface area contributed by atoms with E-state index in [0.717, 1.165) is 44.7 Å². The smallest absolute Gasteiger partial charge is 0.258 e. The van der Waals surface area contributed by atoms with Gasteiger partial charge in [-0.05, 0) is 54.0 Å². The van der Waals surface area contributed by atoms with Gasteiger partial charge in [-0.25, -0.2) is 0 Å². The fraction of sp³-hybridized carbons (Fsp3) is 0.250. The Balaban J connectivity index is 2.00.